The van der Waals surface area contributed by atoms with Gasteiger partial charge >= 0.3 is 18.2 Å². The van der Waals surface area contributed by atoms with Gasteiger partial charge in [-0.25, -0.2) is 4.79 Å². The number of rotatable bonds is 6. The van der Waals surface area contributed by atoms with Gasteiger partial charge in [0.1, 0.15) is 6.10 Å². The molecule has 1 aromatic carbocycles. The van der Waals surface area contributed by atoms with Crippen LogP contribution in [0.15, 0.2) is 24.3 Å². The number of alkyl halides is 3. The van der Waals surface area contributed by atoms with Crippen LogP contribution in [0.5, 0.6) is 0 Å². The third-order valence-corrected chi connectivity index (χ3v) is 4.44. The van der Waals surface area contributed by atoms with E-state index >= 15 is 0 Å². The first-order chi connectivity index (χ1) is 12.7. The number of halogens is 4. The summed E-state index contributed by atoms with van der Waals surface area (Å²) >= 11 is 5.81. The standard InChI is InChI=1S/C18H21ClF3NO4/c19-13-4-1-12(2-5-13)3-10-16(24)27-15-8-6-14(7-9-15)23-17(25)26-11-18(20,21)22/h1-2,4-5,14-15H,3,6-11H2,(H,23,25). The van der Waals surface area contributed by atoms with Gasteiger partial charge in [0.25, 0.3) is 0 Å². The fourth-order valence-corrected chi connectivity index (χ4v) is 2.95. The predicted octanol–water partition coefficient (Wildman–Crippen LogP) is 4.42. The van der Waals surface area contributed by atoms with Gasteiger partial charge in [-0.05, 0) is 49.8 Å². The molecule has 0 aliphatic heterocycles. The first-order valence-corrected chi connectivity index (χ1v) is 9.03. The van der Waals surface area contributed by atoms with Gasteiger partial charge in [0, 0.05) is 17.5 Å². The van der Waals surface area contributed by atoms with Crippen molar-refractivity contribution in [2.75, 3.05) is 6.61 Å². The largest absolute Gasteiger partial charge is 0.462 e. The minimum Gasteiger partial charge on any atom is -0.462 e. The second-order valence-corrected chi connectivity index (χ2v) is 6.86. The van der Waals surface area contributed by atoms with Gasteiger partial charge in [0.15, 0.2) is 6.61 Å². The second-order valence-electron chi connectivity index (χ2n) is 6.43. The van der Waals surface area contributed by atoms with Gasteiger partial charge in [0.05, 0.1) is 0 Å². The number of hydrogen-bond acceptors (Lipinski definition) is 4. The lowest BCUT2D eigenvalue weighted by Crippen LogP contribution is -2.40. The normalized spacial score (nSPS) is 20.0. The van der Waals surface area contributed by atoms with Crippen molar-refractivity contribution in [2.45, 2.75) is 56.8 Å². The molecule has 1 amide bonds. The molecule has 0 unspecified atom stereocenters. The molecule has 0 atom stereocenters. The average Bonchev–Trinajstić information content (AvgIpc) is 2.61. The highest BCUT2D eigenvalue weighted by atomic mass is 35.5. The summed E-state index contributed by atoms with van der Waals surface area (Å²) < 4.78 is 45.5. The van der Waals surface area contributed by atoms with Crippen LogP contribution in [0.4, 0.5) is 18.0 Å². The lowest BCUT2D eigenvalue weighted by Gasteiger charge is -2.28. The molecule has 1 aliphatic rings. The first-order valence-electron chi connectivity index (χ1n) is 8.65. The number of ether oxygens (including phenoxy) is 2. The Kier molecular flexibility index (Phi) is 7.77. The summed E-state index contributed by atoms with van der Waals surface area (Å²) in [6.45, 7) is -1.61. The molecule has 27 heavy (non-hydrogen) atoms. The Balaban J connectivity index is 1.63. The quantitative estimate of drug-likeness (QED) is 0.709. The van der Waals surface area contributed by atoms with Crippen LogP contribution in [0, 0.1) is 0 Å². The molecule has 0 radical (unpaired) electrons. The van der Waals surface area contributed by atoms with E-state index < -0.39 is 18.9 Å². The first kappa shape index (κ1) is 21.3. The summed E-state index contributed by atoms with van der Waals surface area (Å²) in [6.07, 6.45) is -2.97. The van der Waals surface area contributed by atoms with Crippen molar-refractivity contribution in [1.82, 2.24) is 5.32 Å². The highest BCUT2D eigenvalue weighted by Gasteiger charge is 2.31. The third kappa shape index (κ3) is 8.51. The predicted molar refractivity (Wildman–Crippen MR) is 92.4 cm³/mol. The second kappa shape index (κ2) is 9.82. The molecule has 0 saturated heterocycles. The van der Waals surface area contributed by atoms with Gasteiger partial charge in [0.2, 0.25) is 0 Å². The highest BCUT2D eigenvalue weighted by molar-refractivity contribution is 6.30. The van der Waals surface area contributed by atoms with E-state index in [-0.39, 0.29) is 24.5 Å². The fourth-order valence-electron chi connectivity index (χ4n) is 2.82. The number of alkyl carbamates (subject to hydrolysis) is 1. The molecular weight excluding hydrogens is 387 g/mol. The van der Waals surface area contributed by atoms with Crippen molar-refractivity contribution < 1.29 is 32.2 Å². The van der Waals surface area contributed by atoms with E-state index in [1.54, 1.807) is 12.1 Å². The zero-order valence-corrected chi connectivity index (χ0v) is 15.3. The summed E-state index contributed by atoms with van der Waals surface area (Å²) in [5.74, 6) is -0.300. The summed E-state index contributed by atoms with van der Waals surface area (Å²) in [5.41, 5.74) is 0.988. The van der Waals surface area contributed by atoms with E-state index in [0.29, 0.717) is 37.1 Å². The molecular formula is C18H21ClF3NO4. The molecule has 2 rings (SSSR count). The molecule has 0 aromatic heterocycles. The van der Waals surface area contributed by atoms with Crippen molar-refractivity contribution in [1.29, 1.82) is 0 Å². The Morgan fingerprint density at radius 2 is 1.74 bits per heavy atom. The van der Waals surface area contributed by atoms with Crippen molar-refractivity contribution in [3.8, 4) is 0 Å². The maximum absolute atomic E-state index is 12.0. The molecule has 1 saturated carbocycles. The Morgan fingerprint density at radius 1 is 1.11 bits per heavy atom. The Labute approximate surface area is 160 Å². The van der Waals surface area contributed by atoms with Crippen LogP contribution in [0.25, 0.3) is 0 Å². The molecule has 9 heteroatoms. The molecule has 0 bridgehead atoms. The number of amides is 1. The number of benzene rings is 1. The minimum atomic E-state index is -4.55. The van der Waals surface area contributed by atoms with Crippen molar-refractivity contribution in [3.05, 3.63) is 34.9 Å². The van der Waals surface area contributed by atoms with E-state index in [1.807, 2.05) is 12.1 Å². The number of carbonyl (C=O) groups excluding carboxylic acids is 2. The highest BCUT2D eigenvalue weighted by Crippen LogP contribution is 2.22. The molecule has 5 nitrogen and oxygen atoms in total. The van der Waals surface area contributed by atoms with Crippen LogP contribution in [0.3, 0.4) is 0 Å². The van der Waals surface area contributed by atoms with Gasteiger partial charge in [-0.15, -0.1) is 0 Å². The van der Waals surface area contributed by atoms with Crippen LogP contribution in [0.1, 0.15) is 37.7 Å². The number of esters is 1. The minimum absolute atomic E-state index is 0.244. The zero-order chi connectivity index (χ0) is 19.9. The van der Waals surface area contributed by atoms with Gasteiger partial charge in [-0.3, -0.25) is 4.79 Å². The molecule has 1 aromatic rings. The van der Waals surface area contributed by atoms with Gasteiger partial charge < -0.3 is 14.8 Å². The maximum Gasteiger partial charge on any atom is 0.422 e. The maximum atomic E-state index is 12.0. The van der Waals surface area contributed by atoms with Crippen molar-refractivity contribution in [3.63, 3.8) is 0 Å². The van der Waals surface area contributed by atoms with Crippen molar-refractivity contribution >= 4 is 23.7 Å². The van der Waals surface area contributed by atoms with E-state index in [9.17, 15) is 22.8 Å². The number of nitrogens with one attached hydrogen (secondary N) is 1. The van der Waals surface area contributed by atoms with E-state index in [2.05, 4.69) is 10.1 Å². The van der Waals surface area contributed by atoms with Crippen LogP contribution >= 0.6 is 11.6 Å². The summed E-state index contributed by atoms with van der Waals surface area (Å²) in [6, 6.07) is 6.94. The topological polar surface area (TPSA) is 64.6 Å². The summed E-state index contributed by atoms with van der Waals surface area (Å²) in [4.78, 5) is 23.3. The lowest BCUT2D eigenvalue weighted by atomic mass is 9.93. The van der Waals surface area contributed by atoms with Crippen LogP contribution in [-0.4, -0.2) is 37.0 Å². The van der Waals surface area contributed by atoms with Gasteiger partial charge in [-0.1, -0.05) is 23.7 Å². The van der Waals surface area contributed by atoms with Gasteiger partial charge in [-0.2, -0.15) is 13.2 Å². The van der Waals surface area contributed by atoms with E-state index in [4.69, 9.17) is 16.3 Å². The summed E-state index contributed by atoms with van der Waals surface area (Å²) in [5, 5.41) is 3.04. The average molecular weight is 408 g/mol. The molecule has 1 N–H and O–H groups in total. The summed E-state index contributed by atoms with van der Waals surface area (Å²) in [7, 11) is 0. The number of hydrogen-bond donors (Lipinski definition) is 1. The molecule has 0 heterocycles. The Bertz CT molecular complexity index is 628. The fraction of sp³-hybridized carbons (Fsp3) is 0.556. The SMILES string of the molecule is O=C(CCc1ccc(Cl)cc1)OC1CCC(NC(=O)OCC(F)(F)F)CC1. The smallest absolute Gasteiger partial charge is 0.422 e. The number of aryl methyl sites for hydroxylation is 1. The molecule has 1 aliphatic carbocycles. The van der Waals surface area contributed by atoms with Crippen molar-refractivity contribution in [2.24, 2.45) is 0 Å². The molecule has 150 valence electrons. The Morgan fingerprint density at radius 3 is 2.33 bits per heavy atom. The third-order valence-electron chi connectivity index (χ3n) is 4.19. The monoisotopic (exact) mass is 407 g/mol. The molecule has 1 fully saturated rings. The van der Waals surface area contributed by atoms with Crippen LogP contribution in [-0.2, 0) is 20.7 Å². The van der Waals surface area contributed by atoms with Crippen LogP contribution < -0.4 is 5.32 Å². The van der Waals surface area contributed by atoms with E-state index in [1.165, 1.54) is 0 Å². The Hall–Kier alpha value is -1.96. The molecule has 0 spiro atoms. The van der Waals surface area contributed by atoms with E-state index in [0.717, 1.165) is 5.56 Å². The number of carbonyl (C=O) groups is 2. The lowest BCUT2D eigenvalue weighted by molar-refractivity contribution is -0.160. The zero-order valence-electron chi connectivity index (χ0n) is 14.6. The van der Waals surface area contributed by atoms with Crippen LogP contribution in [0.2, 0.25) is 5.02 Å².